The zero-order valence-electron chi connectivity index (χ0n) is 17.7. The average molecular weight is 436 g/mol. The number of aromatic nitrogens is 2. The zero-order chi connectivity index (χ0) is 22.5. The molecule has 1 atom stereocenters. The van der Waals surface area contributed by atoms with Crippen LogP contribution < -0.4 is 11.1 Å². The third-order valence-electron chi connectivity index (χ3n) is 5.97. The second-order valence-corrected chi connectivity index (χ2v) is 7.88. The smallest absolute Gasteiger partial charge is 0.295 e. The first-order valence-electron chi connectivity index (χ1n) is 10.7. The Balaban J connectivity index is 1.57. The maximum atomic E-state index is 13.7. The summed E-state index contributed by atoms with van der Waals surface area (Å²) in [6.45, 7) is 0.241. The van der Waals surface area contributed by atoms with Gasteiger partial charge >= 0.3 is 0 Å². The molecule has 1 aromatic carbocycles. The number of rotatable bonds is 6. The molecule has 1 amide bonds. The van der Waals surface area contributed by atoms with E-state index in [9.17, 15) is 14.0 Å². The van der Waals surface area contributed by atoms with Crippen molar-refractivity contribution in [3.05, 3.63) is 71.8 Å². The minimum atomic E-state index is -0.800. The van der Waals surface area contributed by atoms with Crippen molar-refractivity contribution in [2.45, 2.75) is 31.9 Å². The number of hydrogen-bond donors (Lipinski definition) is 3. The molecule has 1 aliphatic heterocycles. The fraction of sp³-hybridized carbons (Fsp3) is 0.292. The maximum Gasteiger partial charge on any atom is 0.295 e. The van der Waals surface area contributed by atoms with Gasteiger partial charge in [0.15, 0.2) is 5.82 Å². The van der Waals surface area contributed by atoms with Crippen molar-refractivity contribution in [2.24, 2.45) is 5.73 Å². The highest BCUT2D eigenvalue weighted by atomic mass is 19.1. The molecule has 1 fully saturated rings. The van der Waals surface area contributed by atoms with E-state index < -0.39 is 18.4 Å². The van der Waals surface area contributed by atoms with Crippen molar-refractivity contribution >= 4 is 28.4 Å². The largest absolute Gasteiger partial charge is 0.403 e. The Labute approximate surface area is 185 Å². The first kappa shape index (κ1) is 21.5. The Morgan fingerprint density at radius 3 is 2.81 bits per heavy atom. The molecule has 1 aliphatic rings. The molecule has 1 unspecified atom stereocenters. The number of nitrogens with two attached hydrogens (primary N) is 1. The predicted octanol–water partition coefficient (Wildman–Crippen LogP) is 3.85. The topological polar surface area (TPSA) is 104 Å². The predicted molar refractivity (Wildman–Crippen MR) is 122 cm³/mol. The molecule has 0 aliphatic carbocycles. The van der Waals surface area contributed by atoms with E-state index >= 15 is 0 Å². The molecule has 7 nitrogen and oxygen atoms in total. The lowest BCUT2D eigenvalue weighted by atomic mass is 9.92. The van der Waals surface area contributed by atoms with E-state index in [4.69, 9.17) is 5.73 Å². The fourth-order valence-electron chi connectivity index (χ4n) is 4.35. The van der Waals surface area contributed by atoms with Gasteiger partial charge in [0, 0.05) is 48.8 Å². The van der Waals surface area contributed by atoms with Crippen molar-refractivity contribution in [3.8, 4) is 0 Å². The van der Waals surface area contributed by atoms with Gasteiger partial charge in [-0.1, -0.05) is 30.3 Å². The lowest BCUT2D eigenvalue weighted by molar-refractivity contribution is -0.126. The maximum absolute atomic E-state index is 13.7. The van der Waals surface area contributed by atoms with Gasteiger partial charge in [0.1, 0.15) is 6.67 Å². The molecule has 4 N–H and O–H groups in total. The number of nitrogens with one attached hydrogen (secondary N) is 2. The number of hydrogen-bond acceptors (Lipinski definition) is 5. The van der Waals surface area contributed by atoms with Gasteiger partial charge in [0.2, 0.25) is 0 Å². The number of pyridine rings is 1. The van der Waals surface area contributed by atoms with Crippen molar-refractivity contribution in [2.75, 3.05) is 18.4 Å². The normalized spacial score (nSPS) is 16.9. The van der Waals surface area contributed by atoms with Crippen LogP contribution in [-0.4, -0.2) is 39.6 Å². The summed E-state index contributed by atoms with van der Waals surface area (Å²) < 4.78 is 13.7. The average Bonchev–Trinajstić information content (AvgIpc) is 3.13. The second kappa shape index (κ2) is 9.64. The number of amides is 1. The molecule has 3 heterocycles. The first-order chi connectivity index (χ1) is 15.6. The summed E-state index contributed by atoms with van der Waals surface area (Å²) in [5.74, 6) is -0.440. The number of fused-ring (bicyclic) bond motifs is 1. The highest BCUT2D eigenvalue weighted by Crippen LogP contribution is 2.30. The Bertz CT molecular complexity index is 1140. The number of carbonyl (C=O) groups excluding carboxylic acids is 2. The van der Waals surface area contributed by atoms with E-state index in [0.717, 1.165) is 19.3 Å². The number of nitrogens with zero attached hydrogens (tertiary/aromatic N) is 2. The Kier molecular flexibility index (Phi) is 6.49. The second-order valence-electron chi connectivity index (χ2n) is 7.88. The minimum Gasteiger partial charge on any atom is -0.403 e. The number of likely N-dealkylation sites (tertiary alicyclic amines) is 1. The minimum absolute atomic E-state index is 0.156. The van der Waals surface area contributed by atoms with Gasteiger partial charge in [0.05, 0.1) is 11.1 Å². The van der Waals surface area contributed by atoms with Gasteiger partial charge in [-0.2, -0.15) is 0 Å². The fourth-order valence-corrected chi connectivity index (χ4v) is 4.35. The van der Waals surface area contributed by atoms with Crippen LogP contribution in [0.1, 0.15) is 46.7 Å². The van der Waals surface area contributed by atoms with Gasteiger partial charge in [0.25, 0.3) is 11.7 Å². The van der Waals surface area contributed by atoms with Crippen molar-refractivity contribution < 1.29 is 14.0 Å². The number of H-pyrrole nitrogens is 1. The molecule has 1 saturated heterocycles. The number of ketones is 1. The van der Waals surface area contributed by atoms with Crippen LogP contribution in [0.15, 0.2) is 55.1 Å². The molecule has 166 valence electrons. The van der Waals surface area contributed by atoms with Crippen LogP contribution in [-0.2, 0) is 11.5 Å². The summed E-state index contributed by atoms with van der Waals surface area (Å²) in [6.07, 6.45) is 8.19. The number of benzene rings is 1. The summed E-state index contributed by atoms with van der Waals surface area (Å²) in [7, 11) is 0. The van der Waals surface area contributed by atoms with Crippen LogP contribution in [0.4, 0.5) is 10.2 Å². The molecular formula is C24H26FN5O2. The number of halogens is 1. The summed E-state index contributed by atoms with van der Waals surface area (Å²) in [5.41, 5.74) is 7.49. The third kappa shape index (κ3) is 4.21. The first-order valence-corrected chi connectivity index (χ1v) is 10.7. The van der Waals surface area contributed by atoms with Crippen molar-refractivity contribution in [3.63, 3.8) is 0 Å². The van der Waals surface area contributed by atoms with E-state index in [1.807, 2.05) is 18.2 Å². The molecule has 3 aromatic rings. The Hall–Kier alpha value is -3.68. The van der Waals surface area contributed by atoms with Crippen molar-refractivity contribution in [1.29, 1.82) is 0 Å². The van der Waals surface area contributed by atoms with Gasteiger partial charge in [-0.25, -0.2) is 9.37 Å². The monoisotopic (exact) mass is 435 g/mol. The molecule has 0 radical (unpaired) electrons. The molecule has 0 saturated carbocycles. The number of aromatic amines is 1. The molecule has 4 rings (SSSR count). The lowest BCUT2D eigenvalue weighted by Crippen LogP contribution is -2.37. The van der Waals surface area contributed by atoms with Crippen LogP contribution >= 0.6 is 0 Å². The Morgan fingerprint density at radius 1 is 1.25 bits per heavy atom. The molecule has 0 bridgehead atoms. The molecular weight excluding hydrogens is 409 g/mol. The zero-order valence-corrected chi connectivity index (χ0v) is 17.7. The molecule has 32 heavy (non-hydrogen) atoms. The molecule has 0 spiro atoms. The van der Waals surface area contributed by atoms with Crippen LogP contribution in [0.25, 0.3) is 10.9 Å². The highest BCUT2D eigenvalue weighted by Gasteiger charge is 2.29. The van der Waals surface area contributed by atoms with Crippen LogP contribution in [0, 0.1) is 0 Å². The lowest BCUT2D eigenvalue weighted by Gasteiger charge is -2.20. The number of Topliss-reactive ketones (excluding diaryl/α,β-unsaturated/α-hetero) is 1. The quantitative estimate of drug-likeness (QED) is 0.403. The van der Waals surface area contributed by atoms with E-state index in [-0.39, 0.29) is 11.1 Å². The summed E-state index contributed by atoms with van der Waals surface area (Å²) in [5, 5.41) is 3.25. The molecule has 8 heteroatoms. The Morgan fingerprint density at radius 2 is 2.06 bits per heavy atom. The highest BCUT2D eigenvalue weighted by molar-refractivity contribution is 6.45. The van der Waals surface area contributed by atoms with Crippen LogP contribution in [0.3, 0.4) is 0 Å². The SMILES string of the molecule is N/C=C\Nc1ncc(CF)c2c(C(=O)C(=O)N3CCCC(c4ccccc4)CC3)c[nH]c12. The van der Waals surface area contributed by atoms with E-state index in [0.29, 0.717) is 35.7 Å². The standard InChI is InChI=1S/C24H26FN5O2/c25-13-18-14-29-23(27-10-9-26)21-20(18)19(15-28-21)22(31)24(32)30-11-4-7-17(8-12-30)16-5-2-1-3-6-16/h1-3,5-6,9-10,14-15,17,28H,4,7-8,11-13,26H2,(H,27,29)/b10-9-. The van der Waals surface area contributed by atoms with E-state index in [1.54, 1.807) is 4.90 Å². The third-order valence-corrected chi connectivity index (χ3v) is 5.97. The van der Waals surface area contributed by atoms with Crippen molar-refractivity contribution in [1.82, 2.24) is 14.9 Å². The summed E-state index contributed by atoms with van der Waals surface area (Å²) >= 11 is 0. The van der Waals surface area contributed by atoms with E-state index in [1.165, 1.54) is 30.4 Å². The van der Waals surface area contributed by atoms with Crippen LogP contribution in [0.5, 0.6) is 0 Å². The van der Waals surface area contributed by atoms with Gasteiger partial charge in [-0.3, -0.25) is 9.59 Å². The van der Waals surface area contributed by atoms with Gasteiger partial charge < -0.3 is 20.9 Å². The summed E-state index contributed by atoms with van der Waals surface area (Å²) in [6, 6.07) is 10.2. The number of alkyl halides is 1. The van der Waals surface area contributed by atoms with E-state index in [2.05, 4.69) is 27.4 Å². The van der Waals surface area contributed by atoms with Crippen LogP contribution in [0.2, 0.25) is 0 Å². The van der Waals surface area contributed by atoms with Gasteiger partial charge in [-0.05, 0) is 30.7 Å². The summed E-state index contributed by atoms with van der Waals surface area (Å²) in [4.78, 5) is 35.0. The molecule has 2 aromatic heterocycles. The number of carbonyl (C=O) groups is 2. The van der Waals surface area contributed by atoms with Gasteiger partial charge in [-0.15, -0.1) is 0 Å². The number of anilines is 1.